The van der Waals surface area contributed by atoms with E-state index in [1.807, 2.05) is 0 Å². The van der Waals surface area contributed by atoms with Gasteiger partial charge in [-0.2, -0.15) is 0 Å². The summed E-state index contributed by atoms with van der Waals surface area (Å²) in [6, 6.07) is 17.3. The Bertz CT molecular complexity index is 1550. The number of hydrogen-bond acceptors (Lipinski definition) is 5. The minimum absolute atomic E-state index is 0.242. The highest BCUT2D eigenvalue weighted by Crippen LogP contribution is 2.47. The summed E-state index contributed by atoms with van der Waals surface area (Å²) in [5.41, 5.74) is 0.882. The quantitative estimate of drug-likeness (QED) is 0.246. The summed E-state index contributed by atoms with van der Waals surface area (Å²) in [6.45, 7) is 0. The van der Waals surface area contributed by atoms with Gasteiger partial charge in [-0.15, -0.1) is 0 Å². The summed E-state index contributed by atoms with van der Waals surface area (Å²) >= 11 is 3.41. The summed E-state index contributed by atoms with van der Waals surface area (Å²) in [5.74, 6) is -0.456. The molecule has 0 saturated heterocycles. The third kappa shape index (κ3) is 5.08. The van der Waals surface area contributed by atoms with Gasteiger partial charge in [0.15, 0.2) is 0 Å². The lowest BCUT2D eigenvalue weighted by Crippen LogP contribution is -2.35. The van der Waals surface area contributed by atoms with Crippen LogP contribution in [0.5, 0.6) is 11.5 Å². The van der Waals surface area contributed by atoms with Gasteiger partial charge >= 0.3 is 0 Å². The average Bonchev–Trinajstić information content (AvgIpc) is 3.73. The summed E-state index contributed by atoms with van der Waals surface area (Å²) in [4.78, 5) is 42.3. The van der Waals surface area contributed by atoms with Crippen molar-refractivity contribution in [2.45, 2.75) is 12.8 Å². The van der Waals surface area contributed by atoms with Crippen LogP contribution in [-0.4, -0.2) is 29.8 Å². The molecule has 10 heteroatoms. The maximum Gasteiger partial charge on any atom is 0.252 e. The van der Waals surface area contributed by atoms with E-state index in [9.17, 15) is 18.8 Å². The lowest BCUT2D eigenvalue weighted by Gasteiger charge is -2.16. The van der Waals surface area contributed by atoms with Crippen molar-refractivity contribution in [2.75, 3.05) is 17.7 Å². The molecular formula is C28H22BrFN4O4. The van der Waals surface area contributed by atoms with Crippen molar-refractivity contribution in [3.63, 3.8) is 0 Å². The molecular weight excluding hydrogens is 555 g/mol. The van der Waals surface area contributed by atoms with E-state index in [1.54, 1.807) is 55.7 Å². The monoisotopic (exact) mass is 576 g/mol. The average molecular weight is 577 g/mol. The molecule has 8 nitrogen and oxygen atoms in total. The lowest BCUT2D eigenvalue weighted by atomic mass is 10.0. The molecule has 3 N–H and O–H groups in total. The first-order valence-electron chi connectivity index (χ1n) is 11.8. The van der Waals surface area contributed by atoms with Crippen LogP contribution in [0.3, 0.4) is 0 Å². The second kappa shape index (κ2) is 10.2. The Morgan fingerprint density at radius 2 is 1.53 bits per heavy atom. The molecule has 3 amide bonds. The second-order valence-electron chi connectivity index (χ2n) is 8.86. The van der Waals surface area contributed by atoms with Gasteiger partial charge < -0.3 is 20.7 Å². The largest absolute Gasteiger partial charge is 0.457 e. The van der Waals surface area contributed by atoms with Crippen LogP contribution >= 0.6 is 15.9 Å². The Labute approximate surface area is 225 Å². The van der Waals surface area contributed by atoms with Crippen molar-refractivity contribution in [1.29, 1.82) is 0 Å². The van der Waals surface area contributed by atoms with E-state index in [0.29, 0.717) is 56.7 Å². The fraction of sp³-hybridized carbons (Fsp3) is 0.143. The molecule has 0 aliphatic heterocycles. The van der Waals surface area contributed by atoms with Crippen molar-refractivity contribution in [1.82, 2.24) is 10.3 Å². The zero-order valence-electron chi connectivity index (χ0n) is 20.2. The molecule has 192 valence electrons. The maximum atomic E-state index is 13.1. The number of nitrogens with one attached hydrogen (secondary N) is 3. The number of hydrogen-bond donors (Lipinski definition) is 3. The third-order valence-corrected chi connectivity index (χ3v) is 6.98. The van der Waals surface area contributed by atoms with E-state index in [4.69, 9.17) is 4.74 Å². The van der Waals surface area contributed by atoms with Crippen molar-refractivity contribution in [3.05, 3.63) is 88.8 Å². The number of fused-ring (bicyclic) bond motifs is 1. The van der Waals surface area contributed by atoms with E-state index in [1.165, 1.54) is 24.3 Å². The van der Waals surface area contributed by atoms with Gasteiger partial charge in [0.2, 0.25) is 11.8 Å². The smallest absolute Gasteiger partial charge is 0.252 e. The number of ether oxygens (including phenoxy) is 1. The Kier molecular flexibility index (Phi) is 6.81. The zero-order valence-corrected chi connectivity index (χ0v) is 21.8. The molecule has 0 bridgehead atoms. The number of carbonyl (C=O) groups is 3. The predicted octanol–water partition coefficient (Wildman–Crippen LogP) is 5.65. The van der Waals surface area contributed by atoms with E-state index >= 15 is 0 Å². The van der Waals surface area contributed by atoms with Gasteiger partial charge in [0, 0.05) is 34.5 Å². The van der Waals surface area contributed by atoms with Gasteiger partial charge in [-0.1, -0.05) is 0 Å². The Morgan fingerprint density at radius 3 is 2.11 bits per heavy atom. The predicted molar refractivity (Wildman–Crippen MR) is 145 cm³/mol. The van der Waals surface area contributed by atoms with Crippen molar-refractivity contribution < 1.29 is 23.5 Å². The highest BCUT2D eigenvalue weighted by atomic mass is 79.9. The number of anilines is 2. The normalized spacial score (nSPS) is 13.4. The molecule has 1 aliphatic carbocycles. The minimum atomic E-state index is -1.16. The van der Waals surface area contributed by atoms with Crippen LogP contribution in [0.2, 0.25) is 0 Å². The number of aromatic nitrogens is 1. The molecule has 4 aromatic rings. The van der Waals surface area contributed by atoms with E-state index in [2.05, 4.69) is 36.9 Å². The first-order chi connectivity index (χ1) is 18.3. The molecule has 1 fully saturated rings. The van der Waals surface area contributed by atoms with Crippen LogP contribution in [0, 0.1) is 11.2 Å². The summed E-state index contributed by atoms with van der Waals surface area (Å²) in [6.07, 6.45) is 2.47. The summed E-state index contributed by atoms with van der Waals surface area (Å²) in [5, 5.41) is 8.76. The molecule has 3 aromatic carbocycles. The second-order valence-corrected chi connectivity index (χ2v) is 9.72. The Hall–Kier alpha value is -4.31. The fourth-order valence-corrected chi connectivity index (χ4v) is 4.50. The summed E-state index contributed by atoms with van der Waals surface area (Å²) in [7, 11) is 1.56. The minimum Gasteiger partial charge on any atom is -0.457 e. The van der Waals surface area contributed by atoms with Gasteiger partial charge in [0.25, 0.3) is 5.91 Å². The maximum absolute atomic E-state index is 13.1. The SMILES string of the molecule is CNC(=O)c1cc2c(Oc3ccc(NC(=O)C4(C(=O)Nc5ccc(F)cc5)CC4)cc3)ccnc2cc1Br. The fourth-order valence-electron chi connectivity index (χ4n) is 3.99. The van der Waals surface area contributed by atoms with Crippen LogP contribution in [0.1, 0.15) is 23.2 Å². The lowest BCUT2D eigenvalue weighted by molar-refractivity contribution is -0.131. The first kappa shape index (κ1) is 25.3. The highest BCUT2D eigenvalue weighted by Gasteiger charge is 2.56. The van der Waals surface area contributed by atoms with Crippen LogP contribution in [0.15, 0.2) is 77.4 Å². The molecule has 0 unspecified atom stereocenters. The highest BCUT2D eigenvalue weighted by molar-refractivity contribution is 9.10. The standard InChI is InChI=1S/C28H22BrFN4O4/c1-31-25(35)20-14-21-23(15-22(20)29)32-13-10-24(21)38-19-8-6-18(7-9-19)34-27(37)28(11-12-28)26(36)33-17-4-2-16(30)3-5-17/h2-10,13-15H,11-12H2,1H3,(H,31,35)(H,33,36)(H,34,37). The van der Waals surface area contributed by atoms with Gasteiger partial charge in [0.05, 0.1) is 11.1 Å². The topological polar surface area (TPSA) is 109 Å². The molecule has 5 rings (SSSR count). The first-order valence-corrected chi connectivity index (χ1v) is 12.5. The summed E-state index contributed by atoms with van der Waals surface area (Å²) < 4.78 is 19.8. The molecule has 1 aromatic heterocycles. The molecule has 0 atom stereocenters. The molecule has 38 heavy (non-hydrogen) atoms. The molecule has 1 aliphatic rings. The number of amides is 3. The number of nitrogens with zero attached hydrogens (tertiary/aromatic N) is 1. The van der Waals surface area contributed by atoms with Gasteiger partial charge in [-0.3, -0.25) is 19.4 Å². The zero-order chi connectivity index (χ0) is 26.9. The van der Waals surface area contributed by atoms with Crippen molar-refractivity contribution in [2.24, 2.45) is 5.41 Å². The Morgan fingerprint density at radius 1 is 0.921 bits per heavy atom. The number of halogens is 2. The van der Waals surface area contributed by atoms with Gasteiger partial charge in [-0.05, 0) is 95.5 Å². The molecule has 0 radical (unpaired) electrons. The van der Waals surface area contributed by atoms with Crippen LogP contribution in [0.4, 0.5) is 15.8 Å². The van der Waals surface area contributed by atoms with Crippen molar-refractivity contribution in [3.8, 4) is 11.5 Å². The van der Waals surface area contributed by atoms with E-state index < -0.39 is 23.0 Å². The van der Waals surface area contributed by atoms with Gasteiger partial charge in [0.1, 0.15) is 22.7 Å². The molecule has 1 saturated carbocycles. The van der Waals surface area contributed by atoms with Crippen LogP contribution < -0.4 is 20.7 Å². The Balaban J connectivity index is 1.28. The van der Waals surface area contributed by atoms with Crippen LogP contribution in [0.25, 0.3) is 10.9 Å². The van der Waals surface area contributed by atoms with Crippen molar-refractivity contribution >= 4 is 55.9 Å². The van der Waals surface area contributed by atoms with Gasteiger partial charge in [-0.25, -0.2) is 4.39 Å². The molecule has 0 spiro atoms. The molecule has 1 heterocycles. The third-order valence-electron chi connectivity index (χ3n) is 6.32. The van der Waals surface area contributed by atoms with E-state index in [0.717, 1.165) is 0 Å². The number of carbonyl (C=O) groups excluding carboxylic acids is 3. The van der Waals surface area contributed by atoms with Crippen LogP contribution in [-0.2, 0) is 9.59 Å². The number of rotatable bonds is 7. The number of pyridine rings is 1. The van der Waals surface area contributed by atoms with E-state index in [-0.39, 0.29) is 5.91 Å². The number of benzene rings is 3.